The Kier molecular flexibility index (Phi) is 1.78. The van der Waals surface area contributed by atoms with Crippen molar-refractivity contribution in [3.63, 3.8) is 0 Å². The second kappa shape index (κ2) is 2.36. The topological polar surface area (TPSA) is 37.3 Å². The Morgan fingerprint density at radius 2 is 2.09 bits per heavy atom. The predicted molar refractivity (Wildman–Crippen MR) is 43.2 cm³/mol. The molecule has 62 valence electrons. The molecule has 0 aromatic rings. The lowest BCUT2D eigenvalue weighted by Gasteiger charge is -1.95. The highest BCUT2D eigenvalue weighted by Gasteiger charge is 2.60. The molecular weight excluding hydrogens is 140 g/mol. The Morgan fingerprint density at radius 1 is 1.55 bits per heavy atom. The minimum Gasteiger partial charge on any atom is -0.481 e. The zero-order chi connectivity index (χ0) is 8.65. The van der Waals surface area contributed by atoms with Gasteiger partial charge in [-0.3, -0.25) is 4.79 Å². The van der Waals surface area contributed by atoms with Gasteiger partial charge in [-0.25, -0.2) is 0 Å². The van der Waals surface area contributed by atoms with Gasteiger partial charge in [0.25, 0.3) is 0 Å². The van der Waals surface area contributed by atoms with E-state index in [0.717, 1.165) is 0 Å². The number of carboxylic acid groups (broad SMARTS) is 1. The van der Waals surface area contributed by atoms with Crippen molar-refractivity contribution in [1.29, 1.82) is 0 Å². The molecular formula is C9H14O2. The SMILES string of the molecule is CC=C[C@@H]1[C@H](C(=O)O)C1(C)C. The molecule has 11 heavy (non-hydrogen) atoms. The Hall–Kier alpha value is -0.790. The fraction of sp³-hybridized carbons (Fsp3) is 0.667. The quantitative estimate of drug-likeness (QED) is 0.617. The van der Waals surface area contributed by atoms with Crippen LogP contribution >= 0.6 is 0 Å². The van der Waals surface area contributed by atoms with E-state index in [9.17, 15) is 4.79 Å². The van der Waals surface area contributed by atoms with Crippen LogP contribution in [0.15, 0.2) is 12.2 Å². The van der Waals surface area contributed by atoms with E-state index in [1.807, 2.05) is 32.9 Å². The van der Waals surface area contributed by atoms with Crippen molar-refractivity contribution in [2.75, 3.05) is 0 Å². The third-order valence-corrected chi connectivity index (χ3v) is 2.58. The number of hydrogen-bond donors (Lipinski definition) is 1. The average molecular weight is 154 g/mol. The van der Waals surface area contributed by atoms with E-state index < -0.39 is 5.97 Å². The smallest absolute Gasteiger partial charge is 0.307 e. The Bertz CT molecular complexity index is 204. The molecule has 1 fully saturated rings. The third-order valence-electron chi connectivity index (χ3n) is 2.58. The van der Waals surface area contributed by atoms with E-state index in [4.69, 9.17) is 5.11 Å². The molecule has 2 nitrogen and oxygen atoms in total. The predicted octanol–water partition coefficient (Wildman–Crippen LogP) is 1.92. The summed E-state index contributed by atoms with van der Waals surface area (Å²) in [5.41, 5.74) is -0.0294. The third kappa shape index (κ3) is 1.17. The summed E-state index contributed by atoms with van der Waals surface area (Å²) in [7, 11) is 0. The van der Waals surface area contributed by atoms with Gasteiger partial charge in [0, 0.05) is 0 Å². The molecule has 0 saturated heterocycles. The van der Waals surface area contributed by atoms with Crippen molar-refractivity contribution in [2.24, 2.45) is 17.3 Å². The van der Waals surface area contributed by atoms with Gasteiger partial charge < -0.3 is 5.11 Å². The summed E-state index contributed by atoms with van der Waals surface area (Å²) in [6, 6.07) is 0. The van der Waals surface area contributed by atoms with Crippen LogP contribution in [0.5, 0.6) is 0 Å². The van der Waals surface area contributed by atoms with E-state index in [2.05, 4.69) is 0 Å². The van der Waals surface area contributed by atoms with E-state index in [1.54, 1.807) is 0 Å². The maximum atomic E-state index is 10.6. The normalized spacial score (nSPS) is 34.1. The molecule has 1 saturated carbocycles. The van der Waals surface area contributed by atoms with Gasteiger partial charge in [-0.1, -0.05) is 26.0 Å². The average Bonchev–Trinajstić information content (AvgIpc) is 2.35. The van der Waals surface area contributed by atoms with Crippen LogP contribution < -0.4 is 0 Å². The van der Waals surface area contributed by atoms with Gasteiger partial charge in [-0.15, -0.1) is 0 Å². The number of carboxylic acids is 1. The van der Waals surface area contributed by atoms with Crippen molar-refractivity contribution < 1.29 is 9.90 Å². The fourth-order valence-electron chi connectivity index (χ4n) is 1.72. The highest BCUT2D eigenvalue weighted by Crippen LogP contribution is 2.58. The number of carbonyl (C=O) groups is 1. The van der Waals surface area contributed by atoms with Crippen LogP contribution in [-0.2, 0) is 4.79 Å². The highest BCUT2D eigenvalue weighted by molar-refractivity contribution is 5.76. The lowest BCUT2D eigenvalue weighted by molar-refractivity contribution is -0.139. The summed E-state index contributed by atoms with van der Waals surface area (Å²) in [5.74, 6) is -0.596. The minimum absolute atomic E-state index is 0.0294. The zero-order valence-electron chi connectivity index (χ0n) is 7.16. The highest BCUT2D eigenvalue weighted by atomic mass is 16.4. The molecule has 1 N–H and O–H groups in total. The largest absolute Gasteiger partial charge is 0.481 e. The Morgan fingerprint density at radius 3 is 2.36 bits per heavy atom. The summed E-state index contributed by atoms with van der Waals surface area (Å²) in [6.07, 6.45) is 3.91. The Balaban J connectivity index is 2.68. The van der Waals surface area contributed by atoms with Crippen molar-refractivity contribution in [1.82, 2.24) is 0 Å². The molecule has 0 aromatic carbocycles. The lowest BCUT2D eigenvalue weighted by atomic mass is 10.1. The molecule has 0 amide bonds. The van der Waals surface area contributed by atoms with Gasteiger partial charge in [0.1, 0.15) is 0 Å². The van der Waals surface area contributed by atoms with E-state index in [0.29, 0.717) is 0 Å². The summed E-state index contributed by atoms with van der Waals surface area (Å²) in [5, 5.41) is 8.75. The molecule has 2 heteroatoms. The lowest BCUT2D eigenvalue weighted by Crippen LogP contribution is -2.02. The van der Waals surface area contributed by atoms with E-state index in [-0.39, 0.29) is 17.3 Å². The van der Waals surface area contributed by atoms with Crippen LogP contribution in [0.25, 0.3) is 0 Å². The van der Waals surface area contributed by atoms with Crippen molar-refractivity contribution in [3.8, 4) is 0 Å². The van der Waals surface area contributed by atoms with Gasteiger partial charge in [0.15, 0.2) is 0 Å². The standard InChI is InChI=1S/C9H14O2/c1-4-5-6-7(8(10)11)9(6,2)3/h4-7H,1-3H3,(H,10,11)/t6-,7-/m1/s1. The minimum atomic E-state index is -0.668. The molecule has 0 bridgehead atoms. The Labute approximate surface area is 66.9 Å². The monoisotopic (exact) mass is 154 g/mol. The molecule has 1 rings (SSSR count). The molecule has 2 atom stereocenters. The summed E-state index contributed by atoms with van der Waals surface area (Å²) >= 11 is 0. The van der Waals surface area contributed by atoms with Gasteiger partial charge in [0.05, 0.1) is 5.92 Å². The van der Waals surface area contributed by atoms with Crippen LogP contribution in [0.2, 0.25) is 0 Å². The first-order chi connectivity index (χ1) is 5.01. The van der Waals surface area contributed by atoms with Crippen LogP contribution in [0.4, 0.5) is 0 Å². The van der Waals surface area contributed by atoms with Crippen molar-refractivity contribution in [2.45, 2.75) is 20.8 Å². The zero-order valence-corrected chi connectivity index (χ0v) is 7.16. The number of aliphatic carboxylic acids is 1. The first-order valence-corrected chi connectivity index (χ1v) is 3.87. The molecule has 0 aromatic heterocycles. The second-order valence-corrected chi connectivity index (χ2v) is 3.69. The molecule has 0 heterocycles. The fourth-order valence-corrected chi connectivity index (χ4v) is 1.72. The van der Waals surface area contributed by atoms with Gasteiger partial charge >= 0.3 is 5.97 Å². The van der Waals surface area contributed by atoms with Crippen LogP contribution in [-0.4, -0.2) is 11.1 Å². The number of hydrogen-bond acceptors (Lipinski definition) is 1. The van der Waals surface area contributed by atoms with Crippen molar-refractivity contribution >= 4 is 5.97 Å². The van der Waals surface area contributed by atoms with E-state index in [1.165, 1.54) is 0 Å². The maximum Gasteiger partial charge on any atom is 0.307 e. The number of rotatable bonds is 2. The second-order valence-electron chi connectivity index (χ2n) is 3.69. The number of allylic oxidation sites excluding steroid dienone is 2. The summed E-state index contributed by atoms with van der Waals surface area (Å²) < 4.78 is 0. The van der Waals surface area contributed by atoms with Gasteiger partial charge in [-0.05, 0) is 18.3 Å². The van der Waals surface area contributed by atoms with E-state index >= 15 is 0 Å². The van der Waals surface area contributed by atoms with Crippen LogP contribution in [0.3, 0.4) is 0 Å². The maximum absolute atomic E-state index is 10.6. The van der Waals surface area contributed by atoms with Gasteiger partial charge in [-0.2, -0.15) is 0 Å². The molecule has 0 unspecified atom stereocenters. The first-order valence-electron chi connectivity index (χ1n) is 3.87. The van der Waals surface area contributed by atoms with Crippen LogP contribution in [0, 0.1) is 17.3 Å². The van der Waals surface area contributed by atoms with Crippen molar-refractivity contribution in [3.05, 3.63) is 12.2 Å². The molecule has 1 aliphatic carbocycles. The van der Waals surface area contributed by atoms with Crippen LogP contribution in [0.1, 0.15) is 20.8 Å². The summed E-state index contributed by atoms with van der Waals surface area (Å²) in [4.78, 5) is 10.6. The summed E-state index contributed by atoms with van der Waals surface area (Å²) in [6.45, 7) is 5.92. The molecule has 0 radical (unpaired) electrons. The molecule has 0 spiro atoms. The van der Waals surface area contributed by atoms with Gasteiger partial charge in [0.2, 0.25) is 0 Å². The molecule has 1 aliphatic rings. The first kappa shape index (κ1) is 8.31. The molecule has 0 aliphatic heterocycles.